The summed E-state index contributed by atoms with van der Waals surface area (Å²) in [6.07, 6.45) is 3.46. The lowest BCUT2D eigenvalue weighted by atomic mass is 10.4. The average Bonchev–Trinajstić information content (AvgIpc) is 2.71. The minimum Gasteiger partial charge on any atom is -0.246 e. The van der Waals surface area contributed by atoms with Crippen molar-refractivity contribution in [1.29, 1.82) is 0 Å². The summed E-state index contributed by atoms with van der Waals surface area (Å²) in [6.45, 7) is 1.22. The van der Waals surface area contributed by atoms with Gasteiger partial charge in [-0.2, -0.15) is 12.7 Å². The third kappa shape index (κ3) is 2.05. The van der Waals surface area contributed by atoms with Crippen molar-refractivity contribution in [3.05, 3.63) is 11.6 Å². The number of hydrogen-bond acceptors (Lipinski definition) is 4. The summed E-state index contributed by atoms with van der Waals surface area (Å²) < 4.78 is 27.3. The highest BCUT2D eigenvalue weighted by Gasteiger charge is 2.25. The van der Waals surface area contributed by atoms with Crippen molar-refractivity contribution in [1.82, 2.24) is 9.29 Å². The molecule has 2 heterocycles. The molecule has 1 N–H and O–H groups in total. The predicted molar refractivity (Wildman–Crippen MR) is 55.5 cm³/mol. The van der Waals surface area contributed by atoms with E-state index in [1.54, 1.807) is 11.6 Å². The van der Waals surface area contributed by atoms with Crippen molar-refractivity contribution >= 4 is 26.7 Å². The van der Waals surface area contributed by atoms with E-state index in [0.29, 0.717) is 18.2 Å². The van der Waals surface area contributed by atoms with Gasteiger partial charge in [0.05, 0.1) is 0 Å². The van der Waals surface area contributed by atoms with E-state index >= 15 is 0 Å². The van der Waals surface area contributed by atoms with Gasteiger partial charge < -0.3 is 0 Å². The van der Waals surface area contributed by atoms with Crippen LogP contribution in [-0.2, 0) is 10.2 Å². The fourth-order valence-electron chi connectivity index (χ4n) is 1.38. The van der Waals surface area contributed by atoms with Gasteiger partial charge in [0.15, 0.2) is 5.13 Å². The Morgan fingerprint density at radius 3 is 2.71 bits per heavy atom. The Labute approximate surface area is 87.0 Å². The van der Waals surface area contributed by atoms with Crippen LogP contribution >= 0.6 is 11.3 Å². The van der Waals surface area contributed by atoms with Crippen LogP contribution in [0.25, 0.3) is 0 Å². The Balaban J connectivity index is 2.09. The Hall–Kier alpha value is -0.660. The standard InChI is InChI=1S/C7H11N3O2S2/c11-14(12,10-4-1-2-5-10)9-7-8-3-6-13-7/h3,6H,1-2,4-5H2,(H,8,9). The van der Waals surface area contributed by atoms with Gasteiger partial charge in [0, 0.05) is 24.7 Å². The molecule has 0 bridgehead atoms. The molecule has 0 atom stereocenters. The maximum Gasteiger partial charge on any atom is 0.303 e. The van der Waals surface area contributed by atoms with Crippen LogP contribution in [0.3, 0.4) is 0 Å². The number of nitrogens with zero attached hydrogens (tertiary/aromatic N) is 2. The molecule has 1 saturated heterocycles. The molecule has 0 amide bonds. The maximum atomic E-state index is 11.7. The number of hydrogen-bond donors (Lipinski definition) is 1. The minimum absolute atomic E-state index is 0.428. The number of rotatable bonds is 3. The SMILES string of the molecule is O=S(=O)(Nc1nccs1)N1CCCC1. The highest BCUT2D eigenvalue weighted by atomic mass is 32.2. The third-order valence-electron chi connectivity index (χ3n) is 2.05. The molecular weight excluding hydrogens is 222 g/mol. The molecule has 0 aromatic carbocycles. The summed E-state index contributed by atoms with van der Waals surface area (Å²) in [7, 11) is -3.35. The van der Waals surface area contributed by atoms with Crippen molar-refractivity contribution in [2.45, 2.75) is 12.8 Å². The first-order valence-corrected chi connectivity index (χ1v) is 6.68. The normalized spacial score (nSPS) is 18.6. The summed E-state index contributed by atoms with van der Waals surface area (Å²) in [5.74, 6) is 0. The summed E-state index contributed by atoms with van der Waals surface area (Å²) in [6, 6.07) is 0. The summed E-state index contributed by atoms with van der Waals surface area (Å²) in [4.78, 5) is 3.87. The molecule has 1 fully saturated rings. The minimum atomic E-state index is -3.35. The molecule has 5 nitrogen and oxygen atoms in total. The first-order valence-electron chi connectivity index (χ1n) is 4.36. The van der Waals surface area contributed by atoms with E-state index < -0.39 is 10.2 Å². The van der Waals surface area contributed by atoms with Crippen molar-refractivity contribution < 1.29 is 8.42 Å². The molecule has 78 valence electrons. The molecule has 0 saturated carbocycles. The first-order chi connectivity index (χ1) is 6.68. The van der Waals surface area contributed by atoms with Crippen LogP contribution in [0.5, 0.6) is 0 Å². The van der Waals surface area contributed by atoms with Crippen LogP contribution in [0.4, 0.5) is 5.13 Å². The van der Waals surface area contributed by atoms with Crippen molar-refractivity contribution in [2.24, 2.45) is 0 Å². The summed E-state index contributed by atoms with van der Waals surface area (Å²) in [5, 5.41) is 2.17. The number of thiazole rings is 1. The first kappa shape index (κ1) is 9.88. The second kappa shape index (κ2) is 3.84. The molecule has 1 aromatic rings. The van der Waals surface area contributed by atoms with Crippen LogP contribution in [0.15, 0.2) is 11.6 Å². The van der Waals surface area contributed by atoms with Crippen molar-refractivity contribution in [3.8, 4) is 0 Å². The van der Waals surface area contributed by atoms with Gasteiger partial charge in [-0.15, -0.1) is 11.3 Å². The van der Waals surface area contributed by atoms with Gasteiger partial charge in [0.25, 0.3) is 0 Å². The molecule has 14 heavy (non-hydrogen) atoms. The zero-order valence-corrected chi connectivity index (χ0v) is 9.14. The Morgan fingerprint density at radius 1 is 1.43 bits per heavy atom. The monoisotopic (exact) mass is 233 g/mol. The number of anilines is 1. The van der Waals surface area contributed by atoms with Crippen LogP contribution in [-0.4, -0.2) is 30.8 Å². The molecule has 0 radical (unpaired) electrons. The summed E-state index contributed by atoms with van der Waals surface area (Å²) >= 11 is 1.28. The van der Waals surface area contributed by atoms with E-state index in [9.17, 15) is 8.42 Å². The number of nitrogens with one attached hydrogen (secondary N) is 1. The third-order valence-corrected chi connectivity index (χ3v) is 4.37. The molecule has 1 aliphatic heterocycles. The van der Waals surface area contributed by atoms with E-state index in [2.05, 4.69) is 9.71 Å². The Bertz CT molecular complexity index is 381. The number of aromatic nitrogens is 1. The largest absolute Gasteiger partial charge is 0.303 e. The molecule has 0 spiro atoms. The quantitative estimate of drug-likeness (QED) is 0.843. The highest BCUT2D eigenvalue weighted by Crippen LogP contribution is 2.17. The fraction of sp³-hybridized carbons (Fsp3) is 0.571. The van der Waals surface area contributed by atoms with Gasteiger partial charge in [0.1, 0.15) is 0 Å². The van der Waals surface area contributed by atoms with Gasteiger partial charge in [-0.25, -0.2) is 9.71 Å². The van der Waals surface area contributed by atoms with E-state index in [0.717, 1.165) is 12.8 Å². The molecule has 2 rings (SSSR count). The van der Waals surface area contributed by atoms with E-state index in [1.165, 1.54) is 15.6 Å². The van der Waals surface area contributed by atoms with Crippen LogP contribution in [0.1, 0.15) is 12.8 Å². The molecule has 7 heteroatoms. The van der Waals surface area contributed by atoms with Crippen LogP contribution < -0.4 is 4.72 Å². The zero-order valence-electron chi connectivity index (χ0n) is 7.51. The second-order valence-electron chi connectivity index (χ2n) is 3.05. The summed E-state index contributed by atoms with van der Waals surface area (Å²) in [5.41, 5.74) is 0. The van der Waals surface area contributed by atoms with Gasteiger partial charge in [-0.1, -0.05) is 0 Å². The molecular formula is C7H11N3O2S2. The van der Waals surface area contributed by atoms with Crippen molar-refractivity contribution in [2.75, 3.05) is 17.8 Å². The van der Waals surface area contributed by atoms with Crippen LogP contribution in [0, 0.1) is 0 Å². The van der Waals surface area contributed by atoms with E-state index in [-0.39, 0.29) is 0 Å². The Kier molecular flexibility index (Phi) is 2.71. The van der Waals surface area contributed by atoms with Gasteiger partial charge in [0.2, 0.25) is 0 Å². The lowest BCUT2D eigenvalue weighted by molar-refractivity contribution is 0.482. The van der Waals surface area contributed by atoms with E-state index in [4.69, 9.17) is 0 Å². The molecule has 0 aliphatic carbocycles. The Morgan fingerprint density at radius 2 is 2.14 bits per heavy atom. The maximum absolute atomic E-state index is 11.7. The predicted octanol–water partition coefficient (Wildman–Crippen LogP) is 0.896. The second-order valence-corrected chi connectivity index (χ2v) is 5.62. The molecule has 0 unspecified atom stereocenters. The fourth-order valence-corrected chi connectivity index (χ4v) is 3.40. The lowest BCUT2D eigenvalue weighted by Crippen LogP contribution is -2.33. The average molecular weight is 233 g/mol. The highest BCUT2D eigenvalue weighted by molar-refractivity contribution is 7.90. The van der Waals surface area contributed by atoms with Crippen molar-refractivity contribution in [3.63, 3.8) is 0 Å². The molecule has 1 aliphatic rings. The van der Waals surface area contributed by atoms with Gasteiger partial charge in [-0.3, -0.25) is 0 Å². The zero-order chi connectivity index (χ0) is 10.0. The van der Waals surface area contributed by atoms with E-state index in [1.807, 2.05) is 0 Å². The smallest absolute Gasteiger partial charge is 0.246 e. The topological polar surface area (TPSA) is 62.3 Å². The lowest BCUT2D eigenvalue weighted by Gasteiger charge is -2.14. The van der Waals surface area contributed by atoms with Crippen LogP contribution in [0.2, 0.25) is 0 Å². The van der Waals surface area contributed by atoms with Gasteiger partial charge >= 0.3 is 10.2 Å². The molecule has 1 aromatic heterocycles. The van der Waals surface area contributed by atoms with Gasteiger partial charge in [-0.05, 0) is 12.8 Å².